The van der Waals surface area contributed by atoms with E-state index in [1.807, 2.05) is 0 Å². The normalized spacial score (nSPS) is 12.3. The molecule has 5 nitrogen and oxygen atoms in total. The zero-order chi connectivity index (χ0) is 14.3. The maximum absolute atomic E-state index is 11.3. The van der Waals surface area contributed by atoms with E-state index >= 15 is 0 Å². The molecule has 1 aromatic rings. The summed E-state index contributed by atoms with van der Waals surface area (Å²) in [5.41, 5.74) is 1.01. The summed E-state index contributed by atoms with van der Waals surface area (Å²) in [5.74, 6) is 0.744. The maximum Gasteiger partial charge on any atom is 0.191 e. The average Bonchev–Trinajstić information content (AvgIpc) is 2.38. The molecule has 6 heteroatoms. The molecule has 0 saturated carbocycles. The second kappa shape index (κ2) is 7.13. The lowest BCUT2D eigenvalue weighted by Gasteiger charge is -2.11. The Kier molecular flexibility index (Phi) is 5.82. The molecular weight excluding hydrogens is 262 g/mol. The van der Waals surface area contributed by atoms with Crippen molar-refractivity contribution < 1.29 is 8.42 Å². The van der Waals surface area contributed by atoms with Gasteiger partial charge in [0.25, 0.3) is 0 Å². The fourth-order valence-electron chi connectivity index (χ4n) is 1.50. The van der Waals surface area contributed by atoms with Gasteiger partial charge in [0.15, 0.2) is 15.8 Å². The van der Waals surface area contributed by atoms with Gasteiger partial charge in [0.05, 0.1) is 4.90 Å². The van der Waals surface area contributed by atoms with E-state index in [0.29, 0.717) is 11.4 Å². The number of nitrogens with zero attached hydrogens (tertiary/aromatic N) is 1. The largest absolute Gasteiger partial charge is 0.356 e. The Morgan fingerprint density at radius 1 is 1.21 bits per heavy atom. The summed E-state index contributed by atoms with van der Waals surface area (Å²) in [5, 5.41) is 6.34. The molecule has 1 rings (SSSR count). The average molecular weight is 283 g/mol. The van der Waals surface area contributed by atoms with E-state index in [-0.39, 0.29) is 0 Å². The first-order chi connectivity index (χ1) is 8.97. The first kappa shape index (κ1) is 15.5. The van der Waals surface area contributed by atoms with Crippen LogP contribution in [0.25, 0.3) is 0 Å². The Labute approximate surface area is 115 Å². The monoisotopic (exact) mass is 283 g/mol. The lowest BCUT2D eigenvalue weighted by molar-refractivity contribution is 0.602. The molecule has 0 spiro atoms. The van der Waals surface area contributed by atoms with Crippen LogP contribution < -0.4 is 10.6 Å². The van der Waals surface area contributed by atoms with E-state index in [9.17, 15) is 8.42 Å². The van der Waals surface area contributed by atoms with E-state index < -0.39 is 9.84 Å². The quantitative estimate of drug-likeness (QED) is 0.628. The molecule has 19 heavy (non-hydrogen) atoms. The predicted octanol–water partition coefficient (Wildman–Crippen LogP) is 1.17. The smallest absolute Gasteiger partial charge is 0.191 e. The highest BCUT2D eigenvalue weighted by Crippen LogP contribution is 2.09. The fourth-order valence-corrected chi connectivity index (χ4v) is 2.13. The number of hydrogen-bond acceptors (Lipinski definition) is 3. The summed E-state index contributed by atoms with van der Waals surface area (Å²) in [4.78, 5) is 4.43. The van der Waals surface area contributed by atoms with Crippen LogP contribution in [0.5, 0.6) is 0 Å². The minimum Gasteiger partial charge on any atom is -0.356 e. The highest BCUT2D eigenvalue weighted by molar-refractivity contribution is 7.90. The molecular formula is C13H21N3O2S. The standard InChI is InChI=1S/C13H21N3O2S/c1-4-9-15-13(14-2)16-10-11-5-7-12(8-6-11)19(3,17)18/h5-8H,4,9-10H2,1-3H3,(H2,14,15,16). The third-order valence-electron chi connectivity index (χ3n) is 2.58. The Balaban J connectivity index is 2.59. The summed E-state index contributed by atoms with van der Waals surface area (Å²) in [6.45, 7) is 3.56. The molecule has 2 N–H and O–H groups in total. The maximum atomic E-state index is 11.3. The molecule has 0 aliphatic carbocycles. The van der Waals surface area contributed by atoms with Crippen molar-refractivity contribution in [3.63, 3.8) is 0 Å². The minimum atomic E-state index is -3.12. The number of rotatable bonds is 5. The number of nitrogens with one attached hydrogen (secondary N) is 2. The Hall–Kier alpha value is -1.56. The van der Waals surface area contributed by atoms with Gasteiger partial charge in [-0.25, -0.2) is 8.42 Å². The van der Waals surface area contributed by atoms with Gasteiger partial charge in [-0.1, -0.05) is 19.1 Å². The highest BCUT2D eigenvalue weighted by Gasteiger charge is 2.06. The molecule has 0 heterocycles. The van der Waals surface area contributed by atoms with E-state index in [1.54, 1.807) is 31.3 Å². The zero-order valence-electron chi connectivity index (χ0n) is 11.6. The summed E-state index contributed by atoms with van der Waals surface area (Å²) in [7, 11) is -1.40. The van der Waals surface area contributed by atoms with Crippen molar-refractivity contribution in [2.45, 2.75) is 24.8 Å². The van der Waals surface area contributed by atoms with Crippen molar-refractivity contribution in [1.29, 1.82) is 0 Å². The Morgan fingerprint density at radius 3 is 2.32 bits per heavy atom. The van der Waals surface area contributed by atoms with Crippen LogP contribution in [0.2, 0.25) is 0 Å². The van der Waals surface area contributed by atoms with Gasteiger partial charge in [-0.3, -0.25) is 4.99 Å². The van der Waals surface area contributed by atoms with Gasteiger partial charge in [-0.05, 0) is 24.1 Å². The third-order valence-corrected chi connectivity index (χ3v) is 3.71. The van der Waals surface area contributed by atoms with Crippen LogP contribution >= 0.6 is 0 Å². The van der Waals surface area contributed by atoms with Crippen molar-refractivity contribution in [1.82, 2.24) is 10.6 Å². The van der Waals surface area contributed by atoms with Crippen LogP contribution in [0.15, 0.2) is 34.2 Å². The number of sulfone groups is 1. The van der Waals surface area contributed by atoms with Crippen molar-refractivity contribution in [3.8, 4) is 0 Å². The van der Waals surface area contributed by atoms with Crippen molar-refractivity contribution in [2.24, 2.45) is 4.99 Å². The molecule has 0 unspecified atom stereocenters. The molecule has 0 atom stereocenters. The van der Waals surface area contributed by atoms with E-state index in [1.165, 1.54) is 6.26 Å². The Bertz CT molecular complexity index is 521. The van der Waals surface area contributed by atoms with Crippen molar-refractivity contribution in [2.75, 3.05) is 19.8 Å². The second-order valence-corrected chi connectivity index (χ2v) is 6.28. The fraction of sp³-hybridized carbons (Fsp3) is 0.462. The summed E-state index contributed by atoms with van der Waals surface area (Å²) in [6.07, 6.45) is 2.24. The minimum absolute atomic E-state index is 0.338. The SMILES string of the molecule is CCCNC(=NC)NCc1ccc(S(C)(=O)=O)cc1. The van der Waals surface area contributed by atoms with Gasteiger partial charge in [-0.15, -0.1) is 0 Å². The molecule has 0 amide bonds. The molecule has 0 bridgehead atoms. The van der Waals surface area contributed by atoms with Crippen molar-refractivity contribution >= 4 is 15.8 Å². The lowest BCUT2D eigenvalue weighted by Crippen LogP contribution is -2.37. The number of guanidine groups is 1. The van der Waals surface area contributed by atoms with E-state index in [4.69, 9.17) is 0 Å². The molecule has 1 aromatic carbocycles. The van der Waals surface area contributed by atoms with E-state index in [2.05, 4.69) is 22.5 Å². The van der Waals surface area contributed by atoms with Crippen LogP contribution in [-0.2, 0) is 16.4 Å². The molecule has 0 aliphatic rings. The highest BCUT2D eigenvalue weighted by atomic mass is 32.2. The first-order valence-electron chi connectivity index (χ1n) is 6.21. The van der Waals surface area contributed by atoms with Crippen LogP contribution in [0.1, 0.15) is 18.9 Å². The number of aliphatic imine (C=N–C) groups is 1. The second-order valence-electron chi connectivity index (χ2n) is 4.27. The molecule has 0 fully saturated rings. The third kappa shape index (κ3) is 5.30. The predicted molar refractivity (Wildman–Crippen MR) is 78.0 cm³/mol. The van der Waals surface area contributed by atoms with Gasteiger partial charge in [0, 0.05) is 26.4 Å². The summed E-state index contributed by atoms with van der Waals surface area (Å²) >= 11 is 0. The first-order valence-corrected chi connectivity index (χ1v) is 8.10. The number of hydrogen-bond donors (Lipinski definition) is 2. The molecule has 0 aliphatic heterocycles. The van der Waals surface area contributed by atoms with Gasteiger partial charge in [0.2, 0.25) is 0 Å². The van der Waals surface area contributed by atoms with Crippen LogP contribution in [0, 0.1) is 0 Å². The topological polar surface area (TPSA) is 70.6 Å². The molecule has 0 aromatic heterocycles. The van der Waals surface area contributed by atoms with Crippen LogP contribution in [0.3, 0.4) is 0 Å². The van der Waals surface area contributed by atoms with Gasteiger partial charge in [-0.2, -0.15) is 0 Å². The Morgan fingerprint density at radius 2 is 1.84 bits per heavy atom. The molecule has 0 radical (unpaired) electrons. The van der Waals surface area contributed by atoms with Gasteiger partial charge >= 0.3 is 0 Å². The van der Waals surface area contributed by atoms with Crippen LogP contribution in [0.4, 0.5) is 0 Å². The van der Waals surface area contributed by atoms with Crippen LogP contribution in [-0.4, -0.2) is 34.2 Å². The number of benzene rings is 1. The van der Waals surface area contributed by atoms with Crippen molar-refractivity contribution in [3.05, 3.63) is 29.8 Å². The summed E-state index contributed by atoms with van der Waals surface area (Å²) < 4.78 is 22.7. The molecule has 106 valence electrons. The lowest BCUT2D eigenvalue weighted by atomic mass is 10.2. The van der Waals surface area contributed by atoms with E-state index in [0.717, 1.165) is 24.5 Å². The van der Waals surface area contributed by atoms with Gasteiger partial charge in [0.1, 0.15) is 0 Å². The molecule has 0 saturated heterocycles. The van der Waals surface area contributed by atoms with Gasteiger partial charge < -0.3 is 10.6 Å². The zero-order valence-corrected chi connectivity index (χ0v) is 12.4. The summed E-state index contributed by atoms with van der Waals surface area (Å²) in [6, 6.07) is 6.84.